The van der Waals surface area contributed by atoms with Crippen molar-refractivity contribution in [1.29, 1.82) is 0 Å². The van der Waals surface area contributed by atoms with E-state index in [2.05, 4.69) is 15.6 Å². The molecule has 3 aromatic heterocycles. The minimum Gasteiger partial charge on any atom is -0.366 e. The lowest BCUT2D eigenvalue weighted by molar-refractivity contribution is 0.100. The molecule has 33 heavy (non-hydrogen) atoms. The Kier molecular flexibility index (Phi) is 5.47. The topological polar surface area (TPSA) is 110 Å². The van der Waals surface area contributed by atoms with Gasteiger partial charge in [0.1, 0.15) is 23.0 Å². The van der Waals surface area contributed by atoms with E-state index in [1.807, 2.05) is 23.6 Å². The Morgan fingerprint density at radius 2 is 2.03 bits per heavy atom. The van der Waals surface area contributed by atoms with Gasteiger partial charge in [0.25, 0.3) is 5.91 Å². The highest BCUT2D eigenvalue weighted by atomic mass is 19.1. The van der Waals surface area contributed by atoms with E-state index in [-0.39, 0.29) is 5.82 Å². The van der Waals surface area contributed by atoms with Crippen molar-refractivity contribution in [2.24, 2.45) is 5.73 Å². The molecule has 5 rings (SSSR count). The first-order valence-electron chi connectivity index (χ1n) is 10.9. The second-order valence-electron chi connectivity index (χ2n) is 8.08. The fraction of sp³-hybridized carbons (Fsp3) is 0.250. The van der Waals surface area contributed by atoms with Gasteiger partial charge in [-0.15, -0.1) is 0 Å². The summed E-state index contributed by atoms with van der Waals surface area (Å²) in [4.78, 5) is 26.3. The van der Waals surface area contributed by atoms with Crippen LogP contribution in [0.25, 0.3) is 17.2 Å². The minimum atomic E-state index is -0.538. The molecule has 0 aliphatic carbocycles. The van der Waals surface area contributed by atoms with Crippen LogP contribution in [0.5, 0.6) is 0 Å². The van der Waals surface area contributed by atoms with Crippen LogP contribution >= 0.6 is 0 Å². The Bertz CT molecular complexity index is 1360. The zero-order valence-electron chi connectivity index (χ0n) is 18.2. The van der Waals surface area contributed by atoms with Gasteiger partial charge in [0.05, 0.1) is 17.0 Å². The number of anilines is 1. The predicted octanol–water partition coefficient (Wildman–Crippen LogP) is 2.64. The summed E-state index contributed by atoms with van der Waals surface area (Å²) in [5, 5.41) is 6.80. The maximum Gasteiger partial charge on any atom is 0.252 e. The number of hydrogen-bond donors (Lipinski definition) is 3. The van der Waals surface area contributed by atoms with E-state index < -0.39 is 5.91 Å². The van der Waals surface area contributed by atoms with Gasteiger partial charge in [-0.25, -0.2) is 19.3 Å². The van der Waals surface area contributed by atoms with Crippen LogP contribution in [0.3, 0.4) is 0 Å². The minimum absolute atomic E-state index is 0.271. The largest absolute Gasteiger partial charge is 0.366 e. The Balaban J connectivity index is 1.62. The highest BCUT2D eigenvalue weighted by Gasteiger charge is 2.22. The smallest absolute Gasteiger partial charge is 0.252 e. The van der Waals surface area contributed by atoms with E-state index in [1.165, 1.54) is 12.1 Å². The number of rotatable bonds is 5. The molecule has 4 N–H and O–H groups in total. The first kappa shape index (κ1) is 21.0. The van der Waals surface area contributed by atoms with Crippen LogP contribution in [-0.2, 0) is 19.4 Å². The summed E-state index contributed by atoms with van der Waals surface area (Å²) in [6.45, 7) is 3.96. The van der Waals surface area contributed by atoms with E-state index in [1.54, 1.807) is 18.2 Å². The Morgan fingerprint density at radius 1 is 1.18 bits per heavy atom. The number of nitrogens with one attached hydrogen (secondary N) is 2. The van der Waals surface area contributed by atoms with Gasteiger partial charge in [-0.2, -0.15) is 0 Å². The van der Waals surface area contributed by atoms with Gasteiger partial charge in [-0.1, -0.05) is 12.1 Å². The molecule has 0 radical (unpaired) electrons. The second-order valence-corrected chi connectivity index (χ2v) is 8.08. The number of amides is 1. The predicted molar refractivity (Wildman–Crippen MR) is 123 cm³/mol. The van der Waals surface area contributed by atoms with Gasteiger partial charge < -0.3 is 16.4 Å². The highest BCUT2D eigenvalue weighted by Crippen LogP contribution is 2.28. The lowest BCUT2D eigenvalue weighted by Crippen LogP contribution is -2.16. The number of nitrogens with zero attached hydrogens (tertiary/aromatic N) is 4. The molecule has 0 atom stereocenters. The molecule has 1 aliphatic rings. The number of hydrogen-bond acceptors (Lipinski definition) is 6. The lowest BCUT2D eigenvalue weighted by atomic mass is 10.1. The summed E-state index contributed by atoms with van der Waals surface area (Å²) >= 11 is 0. The molecule has 0 spiro atoms. The van der Waals surface area contributed by atoms with E-state index in [0.717, 1.165) is 48.6 Å². The van der Waals surface area contributed by atoms with Crippen molar-refractivity contribution in [2.45, 2.75) is 26.3 Å². The molecular formula is C24H24FN7O. The first-order valence-corrected chi connectivity index (χ1v) is 10.9. The van der Waals surface area contributed by atoms with E-state index >= 15 is 0 Å². The van der Waals surface area contributed by atoms with Crippen LogP contribution in [0.2, 0.25) is 0 Å². The van der Waals surface area contributed by atoms with Crippen molar-refractivity contribution in [2.75, 3.05) is 18.4 Å². The van der Waals surface area contributed by atoms with Gasteiger partial charge in [0, 0.05) is 31.3 Å². The lowest BCUT2D eigenvalue weighted by Gasteiger charge is -2.15. The van der Waals surface area contributed by atoms with E-state index in [4.69, 9.17) is 15.7 Å². The average Bonchev–Trinajstić information content (AvgIpc) is 2.96. The summed E-state index contributed by atoms with van der Waals surface area (Å²) in [6.07, 6.45) is 3.38. The van der Waals surface area contributed by atoms with Gasteiger partial charge in [-0.3, -0.25) is 9.20 Å². The number of benzene rings is 1. The van der Waals surface area contributed by atoms with Gasteiger partial charge in [0.2, 0.25) is 0 Å². The normalized spacial score (nSPS) is 13.5. The van der Waals surface area contributed by atoms with Crippen molar-refractivity contribution < 1.29 is 9.18 Å². The van der Waals surface area contributed by atoms with E-state index in [9.17, 15) is 9.18 Å². The number of primary amides is 1. The molecule has 0 unspecified atom stereocenters. The maximum absolute atomic E-state index is 13.6. The Hall–Kier alpha value is -3.85. The van der Waals surface area contributed by atoms with Crippen molar-refractivity contribution in [3.05, 3.63) is 76.5 Å². The van der Waals surface area contributed by atoms with Crippen LogP contribution in [0.15, 0.2) is 42.6 Å². The molecule has 0 saturated heterocycles. The van der Waals surface area contributed by atoms with Crippen molar-refractivity contribution in [3.63, 3.8) is 0 Å². The number of pyridine rings is 1. The molecule has 1 aromatic carbocycles. The van der Waals surface area contributed by atoms with Crippen LogP contribution in [0.4, 0.5) is 10.2 Å². The molecule has 1 aliphatic heterocycles. The quantitative estimate of drug-likeness (QED) is 0.436. The number of aryl methyl sites for hydroxylation is 1. The zero-order chi connectivity index (χ0) is 22.9. The zero-order valence-corrected chi connectivity index (χ0v) is 18.2. The van der Waals surface area contributed by atoms with Gasteiger partial charge in [-0.05, 0) is 49.7 Å². The molecule has 168 valence electrons. The first-order chi connectivity index (χ1) is 16.0. The summed E-state index contributed by atoms with van der Waals surface area (Å²) in [7, 11) is 0. The fourth-order valence-corrected chi connectivity index (χ4v) is 4.27. The third-order valence-electron chi connectivity index (χ3n) is 5.83. The molecule has 0 bridgehead atoms. The third kappa shape index (κ3) is 4.03. The van der Waals surface area contributed by atoms with Crippen LogP contribution in [0.1, 0.15) is 32.9 Å². The highest BCUT2D eigenvalue weighted by molar-refractivity contribution is 5.99. The van der Waals surface area contributed by atoms with Gasteiger partial charge >= 0.3 is 0 Å². The van der Waals surface area contributed by atoms with Crippen molar-refractivity contribution in [3.8, 4) is 11.5 Å². The molecule has 8 nitrogen and oxygen atoms in total. The SMILES string of the molecule is Cc1nc2c(C(N)=O)cccn2c1-c1nc2c(c(NCc3cccc(F)c3)n1)CCNCC2. The molecule has 0 saturated carbocycles. The number of fused-ring (bicyclic) bond motifs is 2. The molecule has 9 heteroatoms. The number of imidazole rings is 1. The second kappa shape index (κ2) is 8.59. The van der Waals surface area contributed by atoms with Crippen LogP contribution in [0, 0.1) is 12.7 Å². The molecule has 0 fully saturated rings. The van der Waals surface area contributed by atoms with Crippen LogP contribution in [-0.4, -0.2) is 38.3 Å². The number of carbonyl (C=O) groups is 1. The van der Waals surface area contributed by atoms with Crippen molar-refractivity contribution in [1.82, 2.24) is 24.7 Å². The standard InChI is InChI=1S/C24H24FN7O/c1-14-20(32-11-3-6-18(21(26)33)24(32)29-14)23-30-19-8-10-27-9-7-17(19)22(31-23)28-13-15-4-2-5-16(25)12-15/h2-6,11-12,27H,7-10,13H2,1H3,(H2,26,33)(H,28,30,31). The maximum atomic E-state index is 13.6. The van der Waals surface area contributed by atoms with Crippen molar-refractivity contribution >= 4 is 17.4 Å². The molecular weight excluding hydrogens is 421 g/mol. The van der Waals surface area contributed by atoms with E-state index in [0.29, 0.717) is 35.0 Å². The summed E-state index contributed by atoms with van der Waals surface area (Å²) < 4.78 is 15.5. The summed E-state index contributed by atoms with van der Waals surface area (Å²) in [6, 6.07) is 9.92. The number of aromatic nitrogens is 4. The van der Waals surface area contributed by atoms with Crippen LogP contribution < -0.4 is 16.4 Å². The molecule has 4 heterocycles. The summed E-state index contributed by atoms with van der Waals surface area (Å²) in [5.41, 5.74) is 10.6. The monoisotopic (exact) mass is 445 g/mol. The Labute approximate surface area is 190 Å². The Morgan fingerprint density at radius 3 is 2.85 bits per heavy atom. The van der Waals surface area contributed by atoms with Gasteiger partial charge in [0.15, 0.2) is 5.82 Å². The molecule has 1 amide bonds. The number of halogens is 1. The average molecular weight is 446 g/mol. The third-order valence-corrected chi connectivity index (χ3v) is 5.83. The molecule has 4 aromatic rings. The fourth-order valence-electron chi connectivity index (χ4n) is 4.27. The number of carbonyl (C=O) groups excluding carboxylic acids is 1. The number of nitrogens with two attached hydrogens (primary N) is 1. The summed E-state index contributed by atoms with van der Waals surface area (Å²) in [5.74, 6) is 0.434.